The highest BCUT2D eigenvalue weighted by Crippen LogP contribution is 2.20. The summed E-state index contributed by atoms with van der Waals surface area (Å²) in [5.41, 5.74) is 0. The zero-order chi connectivity index (χ0) is 18.4. The highest BCUT2D eigenvalue weighted by Gasteiger charge is 2.20. The van der Waals surface area contributed by atoms with Gasteiger partial charge in [-0.15, -0.1) is 22.7 Å². The summed E-state index contributed by atoms with van der Waals surface area (Å²) in [6.07, 6.45) is 2.31. The van der Waals surface area contributed by atoms with E-state index in [1.54, 1.807) is 17.4 Å². The predicted octanol–water partition coefficient (Wildman–Crippen LogP) is 2.88. The molecule has 2 amide bonds. The normalized spacial score (nSPS) is 17.8. The third-order valence-electron chi connectivity index (χ3n) is 4.52. The zero-order valence-corrected chi connectivity index (χ0v) is 16.6. The van der Waals surface area contributed by atoms with E-state index in [0.717, 1.165) is 30.9 Å². The number of carbonyl (C=O) groups is 2. The summed E-state index contributed by atoms with van der Waals surface area (Å²) in [7, 11) is 0. The monoisotopic (exact) mass is 391 g/mol. The number of hydrogen-bond acceptors (Lipinski definition) is 5. The Balaban J connectivity index is 1.36. The topological polar surface area (TPSA) is 61.4 Å². The van der Waals surface area contributed by atoms with Crippen molar-refractivity contribution in [1.29, 1.82) is 0 Å². The molecule has 2 N–H and O–H groups in total. The molecule has 1 saturated heterocycles. The van der Waals surface area contributed by atoms with Gasteiger partial charge in [0.15, 0.2) is 0 Å². The van der Waals surface area contributed by atoms with Crippen LogP contribution >= 0.6 is 22.7 Å². The maximum Gasteiger partial charge on any atom is 0.261 e. The van der Waals surface area contributed by atoms with Gasteiger partial charge in [-0.3, -0.25) is 14.5 Å². The minimum absolute atomic E-state index is 0.0292. The van der Waals surface area contributed by atoms with E-state index < -0.39 is 0 Å². The van der Waals surface area contributed by atoms with Crippen LogP contribution in [-0.4, -0.2) is 42.9 Å². The number of likely N-dealkylation sites (tertiary alicyclic amines) is 1. The summed E-state index contributed by atoms with van der Waals surface area (Å²) in [6.45, 7) is 5.80. The maximum absolute atomic E-state index is 12.0. The van der Waals surface area contributed by atoms with Crippen molar-refractivity contribution < 1.29 is 9.59 Å². The van der Waals surface area contributed by atoms with Crippen LogP contribution < -0.4 is 10.6 Å². The Bertz CT molecular complexity index is 727. The summed E-state index contributed by atoms with van der Waals surface area (Å²) in [5.74, 6) is 0.170. The van der Waals surface area contributed by atoms with Crippen LogP contribution in [-0.2, 0) is 11.3 Å². The van der Waals surface area contributed by atoms with Crippen LogP contribution in [0.1, 0.15) is 32.3 Å². The first-order valence-corrected chi connectivity index (χ1v) is 10.7. The molecule has 1 aliphatic rings. The summed E-state index contributed by atoms with van der Waals surface area (Å²) >= 11 is 3.23. The van der Waals surface area contributed by atoms with E-state index in [1.165, 1.54) is 22.6 Å². The van der Waals surface area contributed by atoms with E-state index in [0.29, 0.717) is 17.3 Å². The second-order valence-electron chi connectivity index (χ2n) is 6.72. The highest BCUT2D eigenvalue weighted by molar-refractivity contribution is 7.13. The van der Waals surface area contributed by atoms with E-state index in [4.69, 9.17) is 0 Å². The molecule has 140 valence electrons. The van der Waals surface area contributed by atoms with E-state index in [2.05, 4.69) is 33.0 Å². The van der Waals surface area contributed by atoms with Gasteiger partial charge in [-0.1, -0.05) is 6.07 Å². The predicted molar refractivity (Wildman–Crippen MR) is 107 cm³/mol. The summed E-state index contributed by atoms with van der Waals surface area (Å²) in [5, 5.41) is 7.77. The molecule has 0 saturated carbocycles. The van der Waals surface area contributed by atoms with Gasteiger partial charge in [-0.25, -0.2) is 0 Å². The van der Waals surface area contributed by atoms with Crippen molar-refractivity contribution in [3.8, 4) is 0 Å². The largest absolute Gasteiger partial charge is 0.354 e. The summed E-state index contributed by atoms with van der Waals surface area (Å²) < 4.78 is 0. The molecule has 2 aromatic heterocycles. The molecular formula is C19H25N3O2S2. The lowest BCUT2D eigenvalue weighted by molar-refractivity contribution is -0.120. The van der Waals surface area contributed by atoms with Gasteiger partial charge < -0.3 is 10.6 Å². The van der Waals surface area contributed by atoms with Gasteiger partial charge in [0, 0.05) is 29.4 Å². The molecule has 7 heteroatoms. The lowest BCUT2D eigenvalue weighted by Gasteiger charge is -2.32. The van der Waals surface area contributed by atoms with Crippen LogP contribution in [0, 0.1) is 12.8 Å². The Morgan fingerprint density at radius 1 is 1.27 bits per heavy atom. The second kappa shape index (κ2) is 9.30. The van der Waals surface area contributed by atoms with Crippen molar-refractivity contribution in [2.45, 2.75) is 26.3 Å². The molecule has 1 atom stereocenters. The molecular weight excluding hydrogens is 366 g/mol. The van der Waals surface area contributed by atoms with Gasteiger partial charge in [0.2, 0.25) is 5.91 Å². The quantitative estimate of drug-likeness (QED) is 0.763. The fourth-order valence-electron chi connectivity index (χ4n) is 3.21. The van der Waals surface area contributed by atoms with Gasteiger partial charge in [0.05, 0.1) is 11.4 Å². The molecule has 5 nitrogen and oxygen atoms in total. The van der Waals surface area contributed by atoms with Crippen LogP contribution in [0.2, 0.25) is 0 Å². The average molecular weight is 392 g/mol. The first kappa shape index (κ1) is 19.1. The second-order valence-corrected chi connectivity index (χ2v) is 9.04. The Hall–Kier alpha value is -1.70. The molecule has 3 heterocycles. The summed E-state index contributed by atoms with van der Waals surface area (Å²) in [6, 6.07) is 7.96. The lowest BCUT2D eigenvalue weighted by Crippen LogP contribution is -2.43. The molecule has 0 spiro atoms. The molecule has 1 unspecified atom stereocenters. The van der Waals surface area contributed by atoms with Crippen LogP contribution in [0.5, 0.6) is 0 Å². The van der Waals surface area contributed by atoms with Gasteiger partial charge in [0.1, 0.15) is 0 Å². The fourth-order valence-corrected chi connectivity index (χ4v) is 4.74. The van der Waals surface area contributed by atoms with E-state index in [-0.39, 0.29) is 18.4 Å². The molecule has 0 aromatic carbocycles. The Morgan fingerprint density at radius 3 is 2.88 bits per heavy atom. The van der Waals surface area contributed by atoms with Gasteiger partial charge in [0.25, 0.3) is 5.91 Å². The van der Waals surface area contributed by atoms with Crippen molar-refractivity contribution in [1.82, 2.24) is 15.5 Å². The number of nitrogens with one attached hydrogen (secondary N) is 2. The number of hydrogen-bond donors (Lipinski definition) is 2. The Kier molecular flexibility index (Phi) is 6.82. The Labute approximate surface area is 162 Å². The molecule has 0 aliphatic carbocycles. The first-order valence-electron chi connectivity index (χ1n) is 8.96. The number of thiophene rings is 2. The first-order chi connectivity index (χ1) is 12.6. The zero-order valence-electron chi connectivity index (χ0n) is 15.0. The number of nitrogens with zero attached hydrogens (tertiary/aromatic N) is 1. The van der Waals surface area contributed by atoms with Crippen molar-refractivity contribution in [2.24, 2.45) is 5.92 Å². The van der Waals surface area contributed by atoms with Gasteiger partial charge >= 0.3 is 0 Å². The minimum atomic E-state index is -0.182. The molecule has 1 aliphatic heterocycles. The number of piperidine rings is 1. The van der Waals surface area contributed by atoms with Crippen LogP contribution in [0.15, 0.2) is 29.6 Å². The SMILES string of the molecule is Cc1ccc(C(=O)NCC(=O)NCC2CCCN(Cc3cccs3)C2)s1. The van der Waals surface area contributed by atoms with Crippen LogP contribution in [0.4, 0.5) is 0 Å². The van der Waals surface area contributed by atoms with Crippen molar-refractivity contribution >= 4 is 34.5 Å². The van der Waals surface area contributed by atoms with E-state index in [9.17, 15) is 9.59 Å². The third kappa shape index (κ3) is 5.65. The fraction of sp³-hybridized carbons (Fsp3) is 0.474. The molecule has 2 aromatic rings. The smallest absolute Gasteiger partial charge is 0.261 e. The standard InChI is InChI=1S/C19H25N3O2S2/c1-14-6-7-17(26-14)19(24)21-11-18(23)20-10-15-4-2-8-22(12-15)13-16-5-3-9-25-16/h3,5-7,9,15H,2,4,8,10-13H2,1H3,(H,20,23)(H,21,24). The highest BCUT2D eigenvalue weighted by atomic mass is 32.1. The number of aryl methyl sites for hydroxylation is 1. The number of carbonyl (C=O) groups excluding carboxylic acids is 2. The molecule has 3 rings (SSSR count). The molecule has 1 fully saturated rings. The molecule has 0 radical (unpaired) electrons. The lowest BCUT2D eigenvalue weighted by atomic mass is 9.98. The van der Waals surface area contributed by atoms with Crippen molar-refractivity contribution in [2.75, 3.05) is 26.2 Å². The van der Waals surface area contributed by atoms with Crippen LogP contribution in [0.25, 0.3) is 0 Å². The summed E-state index contributed by atoms with van der Waals surface area (Å²) in [4.78, 5) is 29.6. The van der Waals surface area contributed by atoms with Gasteiger partial charge in [-0.2, -0.15) is 0 Å². The van der Waals surface area contributed by atoms with Crippen molar-refractivity contribution in [3.05, 3.63) is 44.3 Å². The number of amides is 2. The van der Waals surface area contributed by atoms with Gasteiger partial charge in [-0.05, 0) is 55.8 Å². The number of rotatable bonds is 7. The Morgan fingerprint density at radius 2 is 2.15 bits per heavy atom. The van der Waals surface area contributed by atoms with E-state index >= 15 is 0 Å². The van der Waals surface area contributed by atoms with Crippen molar-refractivity contribution in [3.63, 3.8) is 0 Å². The minimum Gasteiger partial charge on any atom is -0.354 e. The third-order valence-corrected chi connectivity index (χ3v) is 6.38. The molecule has 0 bridgehead atoms. The molecule has 26 heavy (non-hydrogen) atoms. The maximum atomic E-state index is 12.0. The van der Waals surface area contributed by atoms with E-state index in [1.807, 2.05) is 13.0 Å². The van der Waals surface area contributed by atoms with Crippen LogP contribution in [0.3, 0.4) is 0 Å². The average Bonchev–Trinajstić information content (AvgIpc) is 3.30.